The van der Waals surface area contributed by atoms with Gasteiger partial charge in [-0.05, 0) is 58.8 Å². The minimum Gasteiger partial charge on any atom is -0.444 e. The molecule has 3 rings (SSSR count). The van der Waals surface area contributed by atoms with Gasteiger partial charge < -0.3 is 20.1 Å². The molecule has 0 aromatic rings. The number of hydrogen-bond donors (Lipinski definition) is 2. The van der Waals surface area contributed by atoms with Gasteiger partial charge in [0.15, 0.2) is 0 Å². The molecule has 24 heavy (non-hydrogen) atoms. The molecule has 0 spiro atoms. The highest BCUT2D eigenvalue weighted by Crippen LogP contribution is 2.41. The quantitative estimate of drug-likeness (QED) is 0.781. The van der Waals surface area contributed by atoms with E-state index in [0.717, 1.165) is 25.4 Å². The van der Waals surface area contributed by atoms with E-state index in [1.54, 1.807) is 0 Å². The molecule has 1 amide bonds. The number of fused-ring (bicyclic) bond motifs is 1. The van der Waals surface area contributed by atoms with E-state index >= 15 is 0 Å². The molecule has 3 fully saturated rings. The maximum absolute atomic E-state index is 12.2. The Morgan fingerprint density at radius 2 is 2.00 bits per heavy atom. The summed E-state index contributed by atoms with van der Waals surface area (Å²) >= 11 is 0. The first-order chi connectivity index (χ1) is 11.4. The van der Waals surface area contributed by atoms with Crippen LogP contribution in [-0.2, 0) is 9.47 Å². The topological polar surface area (TPSA) is 59.6 Å². The third-order valence-corrected chi connectivity index (χ3v) is 5.50. The van der Waals surface area contributed by atoms with Crippen molar-refractivity contribution >= 4 is 6.09 Å². The number of hydrogen-bond acceptors (Lipinski definition) is 4. The van der Waals surface area contributed by atoms with Gasteiger partial charge in [0.05, 0.1) is 18.2 Å². The zero-order valence-electron chi connectivity index (χ0n) is 15.6. The van der Waals surface area contributed by atoms with Gasteiger partial charge in [-0.1, -0.05) is 13.3 Å². The maximum atomic E-state index is 12.2. The number of amides is 1. The Bertz CT molecular complexity index is 444. The van der Waals surface area contributed by atoms with Crippen LogP contribution in [0.3, 0.4) is 0 Å². The molecule has 1 saturated heterocycles. The molecular formula is C19H34N2O3. The first-order valence-corrected chi connectivity index (χ1v) is 9.76. The van der Waals surface area contributed by atoms with E-state index < -0.39 is 5.60 Å². The molecule has 138 valence electrons. The summed E-state index contributed by atoms with van der Waals surface area (Å²) < 4.78 is 11.5. The third kappa shape index (κ3) is 4.23. The predicted octanol–water partition coefficient (Wildman–Crippen LogP) is 3.23. The SMILES string of the molecule is CCCC(NC1C(NC(=O)OC(C)(C)C)C2CCCOC21)C1CC1. The van der Waals surface area contributed by atoms with Gasteiger partial charge in [-0.15, -0.1) is 0 Å². The average molecular weight is 338 g/mol. The fraction of sp³-hybridized carbons (Fsp3) is 0.947. The number of rotatable bonds is 6. The number of carbonyl (C=O) groups excluding carboxylic acids is 1. The number of carbonyl (C=O) groups is 1. The monoisotopic (exact) mass is 338 g/mol. The Labute approximate surface area is 146 Å². The lowest BCUT2D eigenvalue weighted by molar-refractivity contribution is -0.131. The lowest BCUT2D eigenvalue weighted by Gasteiger charge is -2.55. The molecule has 2 N–H and O–H groups in total. The molecule has 1 heterocycles. The number of nitrogens with one attached hydrogen (secondary N) is 2. The zero-order valence-corrected chi connectivity index (χ0v) is 15.6. The summed E-state index contributed by atoms with van der Waals surface area (Å²) in [6.45, 7) is 8.80. The van der Waals surface area contributed by atoms with Gasteiger partial charge in [0.2, 0.25) is 0 Å². The minimum atomic E-state index is -0.460. The summed E-state index contributed by atoms with van der Waals surface area (Å²) in [5, 5.41) is 6.96. The molecule has 0 radical (unpaired) electrons. The fourth-order valence-corrected chi connectivity index (χ4v) is 4.26. The standard InChI is InChI=1S/C19H34N2O3/c1-5-7-14(12-9-10-12)20-16-15(13-8-6-11-23-17(13)16)21-18(22)24-19(2,3)4/h12-17,20H,5-11H2,1-4H3,(H,21,22). The Morgan fingerprint density at radius 1 is 1.25 bits per heavy atom. The smallest absolute Gasteiger partial charge is 0.407 e. The van der Waals surface area contributed by atoms with Crippen LogP contribution in [0.1, 0.15) is 66.2 Å². The van der Waals surface area contributed by atoms with Crippen molar-refractivity contribution < 1.29 is 14.3 Å². The van der Waals surface area contributed by atoms with E-state index in [2.05, 4.69) is 17.6 Å². The van der Waals surface area contributed by atoms with Crippen LogP contribution >= 0.6 is 0 Å². The van der Waals surface area contributed by atoms with Gasteiger partial charge in [0.1, 0.15) is 5.60 Å². The highest BCUT2D eigenvalue weighted by atomic mass is 16.6. The summed E-state index contributed by atoms with van der Waals surface area (Å²) in [5.74, 6) is 1.24. The molecule has 2 aliphatic carbocycles. The van der Waals surface area contributed by atoms with Gasteiger partial charge in [0.25, 0.3) is 0 Å². The van der Waals surface area contributed by atoms with Crippen molar-refractivity contribution in [2.45, 2.75) is 96.1 Å². The third-order valence-electron chi connectivity index (χ3n) is 5.50. The van der Waals surface area contributed by atoms with E-state index in [1.165, 1.54) is 25.7 Å². The second kappa shape index (κ2) is 7.20. The Balaban J connectivity index is 1.62. The van der Waals surface area contributed by atoms with Crippen molar-refractivity contribution in [3.8, 4) is 0 Å². The largest absolute Gasteiger partial charge is 0.444 e. The number of ether oxygens (including phenoxy) is 2. The van der Waals surface area contributed by atoms with E-state index in [0.29, 0.717) is 12.0 Å². The fourth-order valence-electron chi connectivity index (χ4n) is 4.26. The van der Waals surface area contributed by atoms with Crippen LogP contribution in [-0.4, -0.2) is 42.5 Å². The van der Waals surface area contributed by atoms with Gasteiger partial charge in [-0.3, -0.25) is 0 Å². The summed E-state index contributed by atoms with van der Waals surface area (Å²) in [6.07, 6.45) is 7.23. The maximum Gasteiger partial charge on any atom is 0.407 e. The highest BCUT2D eigenvalue weighted by Gasteiger charge is 2.54. The molecule has 5 unspecified atom stereocenters. The average Bonchev–Trinajstić information content (AvgIpc) is 3.32. The Kier molecular flexibility index (Phi) is 5.40. The zero-order chi connectivity index (χ0) is 17.3. The van der Waals surface area contributed by atoms with Crippen LogP contribution in [0.2, 0.25) is 0 Å². The predicted molar refractivity (Wildman–Crippen MR) is 94.0 cm³/mol. The lowest BCUT2D eigenvalue weighted by Crippen LogP contribution is -2.74. The molecule has 1 aliphatic heterocycles. The van der Waals surface area contributed by atoms with Crippen LogP contribution in [0.5, 0.6) is 0 Å². The van der Waals surface area contributed by atoms with E-state index in [1.807, 2.05) is 20.8 Å². The molecule has 0 bridgehead atoms. The first kappa shape index (κ1) is 18.0. The molecule has 5 nitrogen and oxygen atoms in total. The second-order valence-electron chi connectivity index (χ2n) is 8.74. The molecule has 0 aromatic heterocycles. The van der Waals surface area contributed by atoms with Crippen LogP contribution in [0.4, 0.5) is 4.79 Å². The van der Waals surface area contributed by atoms with Crippen molar-refractivity contribution in [1.29, 1.82) is 0 Å². The normalized spacial score (nSPS) is 34.0. The lowest BCUT2D eigenvalue weighted by atomic mass is 9.68. The van der Waals surface area contributed by atoms with E-state index in [-0.39, 0.29) is 24.3 Å². The van der Waals surface area contributed by atoms with Crippen LogP contribution in [0.15, 0.2) is 0 Å². The summed E-state index contributed by atoms with van der Waals surface area (Å²) in [7, 11) is 0. The van der Waals surface area contributed by atoms with Gasteiger partial charge in [-0.2, -0.15) is 0 Å². The van der Waals surface area contributed by atoms with Crippen molar-refractivity contribution in [2.24, 2.45) is 11.8 Å². The van der Waals surface area contributed by atoms with E-state index in [4.69, 9.17) is 9.47 Å². The molecule has 5 heteroatoms. The van der Waals surface area contributed by atoms with Gasteiger partial charge >= 0.3 is 6.09 Å². The van der Waals surface area contributed by atoms with E-state index in [9.17, 15) is 4.79 Å². The van der Waals surface area contributed by atoms with Gasteiger partial charge in [-0.25, -0.2) is 4.79 Å². The molecule has 2 saturated carbocycles. The van der Waals surface area contributed by atoms with Crippen molar-refractivity contribution in [3.63, 3.8) is 0 Å². The Hall–Kier alpha value is -0.810. The summed E-state index contributed by atoms with van der Waals surface area (Å²) in [6, 6.07) is 0.914. The second-order valence-corrected chi connectivity index (χ2v) is 8.74. The summed E-state index contributed by atoms with van der Waals surface area (Å²) in [4.78, 5) is 12.2. The van der Waals surface area contributed by atoms with Crippen molar-refractivity contribution in [3.05, 3.63) is 0 Å². The molecule has 0 aromatic carbocycles. The minimum absolute atomic E-state index is 0.128. The van der Waals surface area contributed by atoms with Gasteiger partial charge in [0, 0.05) is 18.6 Å². The molecule has 5 atom stereocenters. The Morgan fingerprint density at radius 3 is 2.62 bits per heavy atom. The van der Waals surface area contributed by atoms with Crippen molar-refractivity contribution in [2.75, 3.05) is 6.61 Å². The van der Waals surface area contributed by atoms with Crippen LogP contribution < -0.4 is 10.6 Å². The van der Waals surface area contributed by atoms with Crippen molar-refractivity contribution in [1.82, 2.24) is 10.6 Å². The highest BCUT2D eigenvalue weighted by molar-refractivity contribution is 5.68. The molecule has 3 aliphatic rings. The van der Waals surface area contributed by atoms with Crippen LogP contribution in [0.25, 0.3) is 0 Å². The number of alkyl carbamates (subject to hydrolysis) is 1. The molecular weight excluding hydrogens is 304 g/mol. The first-order valence-electron chi connectivity index (χ1n) is 9.76. The van der Waals surface area contributed by atoms with Crippen LogP contribution in [0, 0.1) is 11.8 Å². The summed E-state index contributed by atoms with van der Waals surface area (Å²) in [5.41, 5.74) is -0.460.